The van der Waals surface area contributed by atoms with E-state index >= 15 is 0 Å². The van der Waals surface area contributed by atoms with Crippen molar-refractivity contribution < 1.29 is 9.90 Å². The van der Waals surface area contributed by atoms with Gasteiger partial charge in [0.2, 0.25) is 0 Å². The summed E-state index contributed by atoms with van der Waals surface area (Å²) in [4.78, 5) is 20.6. The molecule has 0 atom stereocenters. The van der Waals surface area contributed by atoms with Crippen molar-refractivity contribution in [2.75, 3.05) is 0 Å². The number of hydrogen-bond acceptors (Lipinski definition) is 4. The average molecular weight is 364 g/mol. The molecule has 2 aromatic heterocycles. The number of carboxylic acids is 1. The number of pyridine rings is 1. The third-order valence-electron chi connectivity index (χ3n) is 4.33. The number of benzene rings is 1. The van der Waals surface area contributed by atoms with E-state index in [0.29, 0.717) is 12.0 Å². The van der Waals surface area contributed by atoms with Gasteiger partial charge in [-0.15, -0.1) is 0 Å². The molecule has 3 aromatic rings. The second kappa shape index (κ2) is 8.58. The van der Waals surface area contributed by atoms with Crippen LogP contribution < -0.4 is 0 Å². The van der Waals surface area contributed by atoms with Crippen LogP contribution in [0.5, 0.6) is 0 Å². The molecule has 0 unspecified atom stereocenters. The molecule has 0 saturated carbocycles. The summed E-state index contributed by atoms with van der Waals surface area (Å²) in [5, 5.41) is 14.0. The predicted octanol–water partition coefficient (Wildman–Crippen LogP) is 3.99. The molecule has 3 rings (SSSR count). The van der Waals surface area contributed by atoms with E-state index in [2.05, 4.69) is 28.9 Å². The first-order valence-electron chi connectivity index (χ1n) is 9.32. The lowest BCUT2D eigenvalue weighted by Gasteiger charge is -2.07. The quantitative estimate of drug-likeness (QED) is 0.653. The number of nitrogens with zero attached hydrogens (tertiary/aromatic N) is 4. The first-order valence-corrected chi connectivity index (χ1v) is 9.32. The lowest BCUT2D eigenvalue weighted by atomic mass is 10.0. The Bertz CT molecular complexity index is 916. The summed E-state index contributed by atoms with van der Waals surface area (Å²) in [5.41, 5.74) is 2.63. The molecule has 0 amide bonds. The molecule has 27 heavy (non-hydrogen) atoms. The molecular formula is C21H24N4O2. The molecular weight excluding hydrogens is 340 g/mol. The Morgan fingerprint density at radius 3 is 2.59 bits per heavy atom. The molecule has 0 radical (unpaired) electrons. The Hall–Kier alpha value is -3.02. The molecule has 0 aliphatic heterocycles. The molecule has 2 heterocycles. The van der Waals surface area contributed by atoms with Crippen molar-refractivity contribution in [3.05, 3.63) is 65.5 Å². The monoisotopic (exact) mass is 364 g/mol. The van der Waals surface area contributed by atoms with E-state index in [-0.39, 0.29) is 5.56 Å². The van der Waals surface area contributed by atoms with Gasteiger partial charge in [-0.1, -0.05) is 38.1 Å². The van der Waals surface area contributed by atoms with Gasteiger partial charge in [0.1, 0.15) is 5.82 Å². The van der Waals surface area contributed by atoms with Crippen molar-refractivity contribution in [2.45, 2.75) is 46.1 Å². The van der Waals surface area contributed by atoms with Crippen molar-refractivity contribution >= 4 is 5.97 Å². The maximum atomic E-state index is 11.4. The summed E-state index contributed by atoms with van der Waals surface area (Å²) < 4.78 is 1.97. The lowest BCUT2D eigenvalue weighted by molar-refractivity contribution is 0.0697. The fourth-order valence-electron chi connectivity index (χ4n) is 3.05. The normalized spacial score (nSPS) is 10.9. The fourth-order valence-corrected chi connectivity index (χ4v) is 3.05. The van der Waals surface area contributed by atoms with E-state index in [9.17, 15) is 9.90 Å². The van der Waals surface area contributed by atoms with E-state index in [1.807, 2.05) is 22.9 Å². The minimum Gasteiger partial charge on any atom is -0.478 e. The van der Waals surface area contributed by atoms with Crippen LogP contribution in [0.25, 0.3) is 11.1 Å². The molecule has 1 N–H and O–H groups in total. The van der Waals surface area contributed by atoms with Crippen LogP contribution in [0.1, 0.15) is 54.4 Å². The van der Waals surface area contributed by atoms with Crippen LogP contribution in [0.4, 0.5) is 0 Å². The lowest BCUT2D eigenvalue weighted by Crippen LogP contribution is -2.07. The number of carboxylic acid groups (broad SMARTS) is 1. The summed E-state index contributed by atoms with van der Waals surface area (Å²) >= 11 is 0. The second-order valence-electron chi connectivity index (χ2n) is 6.48. The van der Waals surface area contributed by atoms with Gasteiger partial charge in [-0.05, 0) is 30.5 Å². The second-order valence-corrected chi connectivity index (χ2v) is 6.48. The number of hydrogen-bond donors (Lipinski definition) is 1. The zero-order valence-electron chi connectivity index (χ0n) is 15.7. The summed E-state index contributed by atoms with van der Waals surface area (Å²) in [7, 11) is 0. The maximum absolute atomic E-state index is 11.4. The standard InChI is InChI=1S/C21H24N4O2/c1-3-7-19-23-20(25(24-19)12-4-2)13-16-11-10-15(14-22-16)17-8-5-6-9-18(17)21(26)27/h5-6,8-11,14H,3-4,7,12-13H2,1-2H3,(H,26,27). The van der Waals surface area contributed by atoms with E-state index in [1.54, 1.807) is 24.4 Å². The molecule has 0 aliphatic carbocycles. The Balaban J connectivity index is 1.84. The summed E-state index contributed by atoms with van der Waals surface area (Å²) in [5.74, 6) is 0.866. The Labute approximate surface area is 158 Å². The van der Waals surface area contributed by atoms with Gasteiger partial charge in [0, 0.05) is 36.8 Å². The number of rotatable bonds is 8. The highest BCUT2D eigenvalue weighted by atomic mass is 16.4. The van der Waals surface area contributed by atoms with Crippen LogP contribution in [0.2, 0.25) is 0 Å². The Kier molecular flexibility index (Phi) is 5.96. The molecule has 6 nitrogen and oxygen atoms in total. The minimum atomic E-state index is -0.939. The van der Waals surface area contributed by atoms with Gasteiger partial charge in [0.25, 0.3) is 0 Å². The van der Waals surface area contributed by atoms with Crippen molar-refractivity contribution in [2.24, 2.45) is 0 Å². The molecule has 1 aromatic carbocycles. The van der Waals surface area contributed by atoms with E-state index in [0.717, 1.165) is 48.7 Å². The van der Waals surface area contributed by atoms with Crippen LogP contribution in [0, 0.1) is 0 Å². The number of aryl methyl sites for hydroxylation is 2. The zero-order chi connectivity index (χ0) is 19.2. The third-order valence-corrected chi connectivity index (χ3v) is 4.33. The highest BCUT2D eigenvalue weighted by molar-refractivity contribution is 5.95. The van der Waals surface area contributed by atoms with Crippen LogP contribution in [0.15, 0.2) is 42.6 Å². The topological polar surface area (TPSA) is 80.9 Å². The van der Waals surface area contributed by atoms with Gasteiger partial charge in [0.15, 0.2) is 5.82 Å². The highest BCUT2D eigenvalue weighted by Gasteiger charge is 2.13. The predicted molar refractivity (Wildman–Crippen MR) is 104 cm³/mol. The Morgan fingerprint density at radius 1 is 1.11 bits per heavy atom. The average Bonchev–Trinajstić information content (AvgIpc) is 3.04. The zero-order valence-corrected chi connectivity index (χ0v) is 15.7. The number of carbonyl (C=O) groups is 1. The van der Waals surface area contributed by atoms with Gasteiger partial charge < -0.3 is 5.11 Å². The van der Waals surface area contributed by atoms with Crippen molar-refractivity contribution in [3.8, 4) is 11.1 Å². The fraction of sp³-hybridized carbons (Fsp3) is 0.333. The van der Waals surface area contributed by atoms with Crippen LogP contribution >= 0.6 is 0 Å². The molecule has 0 fully saturated rings. The number of aromatic carboxylic acids is 1. The van der Waals surface area contributed by atoms with Gasteiger partial charge in [-0.3, -0.25) is 4.98 Å². The van der Waals surface area contributed by atoms with E-state index in [4.69, 9.17) is 0 Å². The summed E-state index contributed by atoms with van der Waals surface area (Å²) in [6, 6.07) is 10.8. The van der Waals surface area contributed by atoms with Crippen LogP contribution in [-0.4, -0.2) is 30.8 Å². The molecule has 0 spiro atoms. The third kappa shape index (κ3) is 4.39. The van der Waals surface area contributed by atoms with Crippen molar-refractivity contribution in [1.29, 1.82) is 0 Å². The van der Waals surface area contributed by atoms with Crippen LogP contribution in [-0.2, 0) is 19.4 Å². The smallest absolute Gasteiger partial charge is 0.336 e. The number of aromatic nitrogens is 4. The van der Waals surface area contributed by atoms with E-state index in [1.165, 1.54) is 0 Å². The first-order chi connectivity index (χ1) is 13.1. The summed E-state index contributed by atoms with van der Waals surface area (Å²) in [6.07, 6.45) is 5.23. The van der Waals surface area contributed by atoms with Gasteiger partial charge in [-0.25, -0.2) is 14.5 Å². The molecule has 6 heteroatoms. The van der Waals surface area contributed by atoms with Gasteiger partial charge in [0.05, 0.1) is 5.56 Å². The SMILES string of the molecule is CCCc1nc(Cc2ccc(-c3ccccc3C(=O)O)cn2)n(CCC)n1. The maximum Gasteiger partial charge on any atom is 0.336 e. The molecule has 140 valence electrons. The highest BCUT2D eigenvalue weighted by Crippen LogP contribution is 2.23. The largest absolute Gasteiger partial charge is 0.478 e. The molecule has 0 bridgehead atoms. The van der Waals surface area contributed by atoms with Gasteiger partial charge >= 0.3 is 5.97 Å². The minimum absolute atomic E-state index is 0.277. The molecule has 0 saturated heterocycles. The van der Waals surface area contributed by atoms with Crippen molar-refractivity contribution in [1.82, 2.24) is 19.7 Å². The van der Waals surface area contributed by atoms with E-state index < -0.39 is 5.97 Å². The van der Waals surface area contributed by atoms with Crippen LogP contribution in [0.3, 0.4) is 0 Å². The van der Waals surface area contributed by atoms with Gasteiger partial charge in [-0.2, -0.15) is 5.10 Å². The van der Waals surface area contributed by atoms with Crippen molar-refractivity contribution in [3.63, 3.8) is 0 Å². The Morgan fingerprint density at radius 2 is 1.93 bits per heavy atom. The molecule has 0 aliphatic rings. The summed E-state index contributed by atoms with van der Waals surface area (Å²) in [6.45, 7) is 5.09. The first kappa shape index (κ1) is 18.8.